The van der Waals surface area contributed by atoms with E-state index in [2.05, 4.69) is 35.4 Å². The third kappa shape index (κ3) is 3.65. The molecule has 1 fully saturated rings. The Bertz CT molecular complexity index is 958. The summed E-state index contributed by atoms with van der Waals surface area (Å²) in [4.78, 5) is 17.1. The van der Waals surface area contributed by atoms with E-state index in [-0.39, 0.29) is 11.3 Å². The number of hydrogen-bond donors (Lipinski definition) is 1. The van der Waals surface area contributed by atoms with E-state index in [4.69, 9.17) is 4.74 Å². The number of aromatic nitrogens is 1. The molecule has 27 heavy (non-hydrogen) atoms. The van der Waals surface area contributed by atoms with Crippen LogP contribution in [-0.4, -0.2) is 24.0 Å². The number of pyridine rings is 1. The fraction of sp³-hybridized carbons (Fsp3) is 0.304. The Kier molecular flexibility index (Phi) is 4.80. The summed E-state index contributed by atoms with van der Waals surface area (Å²) in [5.74, 6) is 0.928. The van der Waals surface area contributed by atoms with Crippen LogP contribution >= 0.6 is 0 Å². The van der Waals surface area contributed by atoms with E-state index in [1.54, 1.807) is 6.20 Å². The number of ether oxygens (including phenoxy) is 1. The van der Waals surface area contributed by atoms with Crippen LogP contribution in [0, 0.1) is 6.92 Å². The summed E-state index contributed by atoms with van der Waals surface area (Å²) in [7, 11) is 0. The van der Waals surface area contributed by atoms with Crippen molar-refractivity contribution in [2.24, 2.45) is 0 Å². The van der Waals surface area contributed by atoms with Crippen LogP contribution in [0.4, 0.5) is 0 Å². The average Bonchev–Trinajstić information content (AvgIpc) is 3.50. The quantitative estimate of drug-likeness (QED) is 0.644. The molecule has 4 heteroatoms. The summed E-state index contributed by atoms with van der Waals surface area (Å²) < 4.78 is 5.89. The molecule has 4 rings (SSSR count). The second kappa shape index (κ2) is 7.39. The molecule has 1 heterocycles. The largest absolute Gasteiger partial charge is 0.491 e. The molecule has 0 atom stereocenters. The molecule has 0 aliphatic heterocycles. The van der Waals surface area contributed by atoms with Gasteiger partial charge in [-0.25, -0.2) is 0 Å². The zero-order valence-corrected chi connectivity index (χ0v) is 15.6. The Morgan fingerprint density at radius 1 is 1.15 bits per heavy atom. The third-order valence-electron chi connectivity index (χ3n) is 5.22. The SMILES string of the molecule is Cc1cccc(C2(C(=O)NCCCOc3cccc4cccnc34)CC2)c1. The van der Waals surface area contributed by atoms with Crippen LogP contribution in [0.15, 0.2) is 60.8 Å². The molecular formula is C23H24N2O2. The zero-order chi connectivity index (χ0) is 18.7. The lowest BCUT2D eigenvalue weighted by Gasteiger charge is -2.16. The van der Waals surface area contributed by atoms with Crippen LogP contribution in [0.25, 0.3) is 10.9 Å². The molecule has 1 saturated carbocycles. The molecule has 3 aromatic rings. The van der Waals surface area contributed by atoms with Gasteiger partial charge in [0.15, 0.2) is 0 Å². The zero-order valence-electron chi connectivity index (χ0n) is 15.6. The average molecular weight is 360 g/mol. The van der Waals surface area contributed by atoms with Crippen molar-refractivity contribution in [3.05, 3.63) is 71.9 Å². The maximum Gasteiger partial charge on any atom is 0.230 e. The van der Waals surface area contributed by atoms with Gasteiger partial charge in [0.1, 0.15) is 11.3 Å². The Balaban J connectivity index is 1.28. The van der Waals surface area contributed by atoms with Gasteiger partial charge >= 0.3 is 0 Å². The molecular weight excluding hydrogens is 336 g/mol. The highest BCUT2D eigenvalue weighted by Gasteiger charge is 2.50. The van der Waals surface area contributed by atoms with Gasteiger partial charge in [0.25, 0.3) is 0 Å². The lowest BCUT2D eigenvalue weighted by Crippen LogP contribution is -2.35. The fourth-order valence-corrected chi connectivity index (χ4v) is 3.53. The molecule has 2 aromatic carbocycles. The Morgan fingerprint density at radius 2 is 1.96 bits per heavy atom. The number of fused-ring (bicyclic) bond motifs is 1. The van der Waals surface area contributed by atoms with E-state index in [1.165, 1.54) is 5.56 Å². The Hall–Kier alpha value is -2.88. The highest BCUT2D eigenvalue weighted by atomic mass is 16.5. The molecule has 138 valence electrons. The first-order valence-corrected chi connectivity index (χ1v) is 9.51. The van der Waals surface area contributed by atoms with Gasteiger partial charge in [-0.05, 0) is 43.9 Å². The summed E-state index contributed by atoms with van der Waals surface area (Å²) in [6, 6.07) is 18.2. The number of hydrogen-bond acceptors (Lipinski definition) is 3. The lowest BCUT2D eigenvalue weighted by atomic mass is 9.93. The smallest absolute Gasteiger partial charge is 0.230 e. The van der Waals surface area contributed by atoms with Gasteiger partial charge in [-0.1, -0.05) is 48.0 Å². The number of benzene rings is 2. The van der Waals surface area contributed by atoms with Crippen molar-refractivity contribution < 1.29 is 9.53 Å². The number of carbonyl (C=O) groups is 1. The van der Waals surface area contributed by atoms with Gasteiger partial charge in [-0.3, -0.25) is 9.78 Å². The highest BCUT2D eigenvalue weighted by Crippen LogP contribution is 2.48. The predicted molar refractivity (Wildman–Crippen MR) is 107 cm³/mol. The van der Waals surface area contributed by atoms with Crippen LogP contribution < -0.4 is 10.1 Å². The van der Waals surface area contributed by atoms with Gasteiger partial charge < -0.3 is 10.1 Å². The predicted octanol–water partition coefficient (Wildman–Crippen LogP) is 4.16. The topological polar surface area (TPSA) is 51.2 Å². The Morgan fingerprint density at radius 3 is 2.78 bits per heavy atom. The molecule has 0 saturated heterocycles. The number of amides is 1. The normalized spacial score (nSPS) is 14.7. The molecule has 4 nitrogen and oxygen atoms in total. The van der Waals surface area contributed by atoms with Crippen LogP contribution in [-0.2, 0) is 10.2 Å². The summed E-state index contributed by atoms with van der Waals surface area (Å²) in [6.45, 7) is 3.23. The standard InChI is InChI=1S/C23H24N2O2/c1-17-6-2-9-19(16-17)23(11-12-23)22(26)25-14-5-15-27-20-10-3-7-18-8-4-13-24-21(18)20/h2-4,6-10,13,16H,5,11-12,14-15H2,1H3,(H,25,26). The number of para-hydroxylation sites is 1. The first-order chi connectivity index (χ1) is 13.2. The third-order valence-corrected chi connectivity index (χ3v) is 5.22. The van der Waals surface area contributed by atoms with Crippen molar-refractivity contribution in [1.29, 1.82) is 0 Å². The highest BCUT2D eigenvalue weighted by molar-refractivity contribution is 5.91. The van der Waals surface area contributed by atoms with Crippen LogP contribution in [0.2, 0.25) is 0 Å². The van der Waals surface area contributed by atoms with E-state index >= 15 is 0 Å². The first-order valence-electron chi connectivity index (χ1n) is 9.51. The Labute approximate surface area is 159 Å². The van der Waals surface area contributed by atoms with Gasteiger partial charge in [0.05, 0.1) is 12.0 Å². The molecule has 1 aliphatic rings. The van der Waals surface area contributed by atoms with Gasteiger partial charge in [-0.2, -0.15) is 0 Å². The fourth-order valence-electron chi connectivity index (χ4n) is 3.53. The molecule has 0 unspecified atom stereocenters. The van der Waals surface area contributed by atoms with E-state index < -0.39 is 0 Å². The monoisotopic (exact) mass is 360 g/mol. The molecule has 0 spiro atoms. The van der Waals surface area contributed by atoms with E-state index in [0.29, 0.717) is 13.2 Å². The maximum absolute atomic E-state index is 12.7. The van der Waals surface area contributed by atoms with Gasteiger partial charge in [0.2, 0.25) is 5.91 Å². The number of nitrogens with zero attached hydrogens (tertiary/aromatic N) is 1. The number of nitrogens with one attached hydrogen (secondary N) is 1. The van der Waals surface area contributed by atoms with Crippen molar-refractivity contribution in [3.63, 3.8) is 0 Å². The summed E-state index contributed by atoms with van der Waals surface area (Å²) in [5, 5.41) is 4.16. The molecule has 0 bridgehead atoms. The summed E-state index contributed by atoms with van der Waals surface area (Å²) in [6.07, 6.45) is 4.40. The van der Waals surface area contributed by atoms with E-state index in [9.17, 15) is 4.79 Å². The van der Waals surface area contributed by atoms with Crippen molar-refractivity contribution in [2.75, 3.05) is 13.2 Å². The molecule has 1 N–H and O–H groups in total. The minimum Gasteiger partial charge on any atom is -0.491 e. The van der Waals surface area contributed by atoms with Crippen molar-refractivity contribution in [2.45, 2.75) is 31.6 Å². The minimum absolute atomic E-state index is 0.139. The van der Waals surface area contributed by atoms with Crippen LogP contribution in [0.3, 0.4) is 0 Å². The van der Waals surface area contributed by atoms with Crippen molar-refractivity contribution >= 4 is 16.8 Å². The molecule has 1 aliphatic carbocycles. The minimum atomic E-state index is -0.313. The van der Waals surface area contributed by atoms with Gasteiger partial charge in [0, 0.05) is 18.1 Å². The number of rotatable bonds is 7. The second-order valence-electron chi connectivity index (χ2n) is 7.24. The van der Waals surface area contributed by atoms with Gasteiger partial charge in [-0.15, -0.1) is 0 Å². The molecule has 0 radical (unpaired) electrons. The van der Waals surface area contributed by atoms with Crippen molar-refractivity contribution in [3.8, 4) is 5.75 Å². The molecule has 1 amide bonds. The summed E-state index contributed by atoms with van der Waals surface area (Å²) >= 11 is 0. The van der Waals surface area contributed by atoms with E-state index in [1.807, 2.05) is 36.4 Å². The number of aryl methyl sites for hydroxylation is 1. The maximum atomic E-state index is 12.7. The van der Waals surface area contributed by atoms with E-state index in [0.717, 1.165) is 41.5 Å². The molecule has 1 aromatic heterocycles. The van der Waals surface area contributed by atoms with Crippen LogP contribution in [0.1, 0.15) is 30.4 Å². The lowest BCUT2D eigenvalue weighted by molar-refractivity contribution is -0.123. The number of carbonyl (C=O) groups excluding carboxylic acids is 1. The van der Waals surface area contributed by atoms with Crippen LogP contribution in [0.5, 0.6) is 5.75 Å². The second-order valence-corrected chi connectivity index (χ2v) is 7.24. The first kappa shape index (κ1) is 17.5. The van der Waals surface area contributed by atoms with Crippen molar-refractivity contribution in [1.82, 2.24) is 10.3 Å². The summed E-state index contributed by atoms with van der Waals surface area (Å²) in [5.41, 5.74) is 2.90.